The Balaban J connectivity index is 1.17. The molecule has 4 fully saturated rings. The van der Waals surface area contributed by atoms with Gasteiger partial charge in [0.15, 0.2) is 0 Å². The van der Waals surface area contributed by atoms with Crippen molar-refractivity contribution in [2.24, 2.45) is 28.6 Å². The van der Waals surface area contributed by atoms with Gasteiger partial charge in [-0.05, 0) is 124 Å². The lowest BCUT2D eigenvalue weighted by Crippen LogP contribution is -2.43. The van der Waals surface area contributed by atoms with Gasteiger partial charge in [0.25, 0.3) is 5.91 Å². The van der Waals surface area contributed by atoms with Gasteiger partial charge < -0.3 is 10.2 Å². The Bertz CT molecular complexity index is 852. The van der Waals surface area contributed by atoms with Crippen molar-refractivity contribution in [2.75, 3.05) is 26.2 Å². The number of unbranched alkanes of at least 4 members (excludes halogenated alkanes) is 1. The maximum Gasteiger partial charge on any atom is 0.252 e. The van der Waals surface area contributed by atoms with Crippen LogP contribution in [0.15, 0.2) is 18.2 Å². The summed E-state index contributed by atoms with van der Waals surface area (Å²) in [6, 6.07) is 6.04. The van der Waals surface area contributed by atoms with Gasteiger partial charge in [0.2, 0.25) is 0 Å². The maximum absolute atomic E-state index is 13.1. The molecule has 4 aliphatic rings. The van der Waals surface area contributed by atoms with Crippen molar-refractivity contribution in [1.82, 2.24) is 10.2 Å². The number of nitrogens with one attached hydrogen (secondary N) is 1. The van der Waals surface area contributed by atoms with E-state index in [1.165, 1.54) is 63.5 Å². The fourth-order valence-electron chi connectivity index (χ4n) is 8.33. The molecule has 4 aliphatic carbocycles. The first-order chi connectivity index (χ1) is 15.5. The number of carbonyl (C=O) groups excluding carboxylic acids is 1. The molecule has 0 aliphatic heterocycles. The average Bonchev–Trinajstić information content (AvgIpc) is 3.10. The van der Waals surface area contributed by atoms with Crippen LogP contribution < -0.4 is 5.32 Å². The van der Waals surface area contributed by atoms with Crippen LogP contribution in [0.3, 0.4) is 0 Å². The SMILES string of the molecule is CCCCN(CC)CCCc1ccc(Cl)c(C(=O)NCC23CC4CC5CC(C2)C5(C4)C3)c1. The molecule has 0 heterocycles. The van der Waals surface area contributed by atoms with Gasteiger partial charge in [-0.15, -0.1) is 0 Å². The second-order valence-corrected chi connectivity index (χ2v) is 12.0. The molecular weight excluding hydrogens is 416 g/mol. The predicted octanol–water partition coefficient (Wildman–Crippen LogP) is 6.34. The van der Waals surface area contributed by atoms with Gasteiger partial charge in [0, 0.05) is 6.54 Å². The molecule has 5 atom stereocenters. The highest BCUT2D eigenvalue weighted by Gasteiger charge is 2.70. The molecule has 0 radical (unpaired) electrons. The third kappa shape index (κ3) is 4.02. The Hall–Kier alpha value is -1.06. The first-order valence-electron chi connectivity index (χ1n) is 13.3. The van der Waals surface area contributed by atoms with Crippen molar-refractivity contribution in [3.63, 3.8) is 0 Å². The fourth-order valence-corrected chi connectivity index (χ4v) is 8.53. The largest absolute Gasteiger partial charge is 0.351 e. The lowest BCUT2D eigenvalue weighted by Gasteiger charge is -2.49. The molecule has 4 heteroatoms. The van der Waals surface area contributed by atoms with Crippen molar-refractivity contribution in [3.8, 4) is 0 Å². The highest BCUT2D eigenvalue weighted by molar-refractivity contribution is 6.33. The Morgan fingerprint density at radius 2 is 1.97 bits per heavy atom. The zero-order chi connectivity index (χ0) is 22.3. The van der Waals surface area contributed by atoms with E-state index in [9.17, 15) is 4.79 Å². The van der Waals surface area contributed by atoms with Gasteiger partial charge >= 0.3 is 0 Å². The van der Waals surface area contributed by atoms with Crippen LogP contribution in [0.25, 0.3) is 0 Å². The second-order valence-electron chi connectivity index (χ2n) is 11.6. The van der Waals surface area contributed by atoms with Gasteiger partial charge in [-0.2, -0.15) is 0 Å². The standard InChI is InChI=1S/C28H41ClN2O/c1-3-5-10-31(4-2)11-6-7-20-8-9-25(29)24(13-20)26(32)30-19-27-15-21-12-22-14-23(17-27)28(22,16-21)18-27/h8-9,13,21-23H,3-7,10-12,14-19H2,1-2H3,(H,30,32). The van der Waals surface area contributed by atoms with E-state index in [2.05, 4.69) is 30.1 Å². The molecule has 1 amide bonds. The zero-order valence-corrected chi connectivity index (χ0v) is 20.9. The van der Waals surface area contributed by atoms with Crippen molar-refractivity contribution in [2.45, 2.75) is 78.1 Å². The lowest BCUT2D eigenvalue weighted by molar-refractivity contribution is -0.00253. The summed E-state index contributed by atoms with van der Waals surface area (Å²) in [7, 11) is 0. The molecule has 3 nitrogen and oxygen atoms in total. The number of hydrogen-bond donors (Lipinski definition) is 1. The van der Waals surface area contributed by atoms with Gasteiger partial charge in [-0.25, -0.2) is 0 Å². The van der Waals surface area contributed by atoms with E-state index in [0.29, 0.717) is 21.4 Å². The third-order valence-corrected chi connectivity index (χ3v) is 10.0. The summed E-state index contributed by atoms with van der Waals surface area (Å²) in [5.41, 5.74) is 2.92. The number of hydrogen-bond acceptors (Lipinski definition) is 2. The molecule has 1 spiro atoms. The number of halogens is 1. The minimum atomic E-state index is 0.0237. The smallest absolute Gasteiger partial charge is 0.252 e. The molecule has 0 aromatic heterocycles. The number of aryl methyl sites for hydroxylation is 1. The summed E-state index contributed by atoms with van der Waals surface area (Å²) in [4.78, 5) is 15.7. The molecule has 32 heavy (non-hydrogen) atoms. The Morgan fingerprint density at radius 3 is 2.78 bits per heavy atom. The maximum atomic E-state index is 13.1. The molecule has 5 rings (SSSR count). The van der Waals surface area contributed by atoms with Gasteiger partial charge in [0.1, 0.15) is 0 Å². The number of nitrogens with zero attached hydrogens (tertiary/aromatic N) is 1. The Labute approximate surface area is 199 Å². The van der Waals surface area contributed by atoms with Crippen molar-refractivity contribution < 1.29 is 4.79 Å². The molecule has 176 valence electrons. The van der Waals surface area contributed by atoms with E-state index < -0.39 is 0 Å². The Morgan fingerprint density at radius 1 is 1.12 bits per heavy atom. The molecule has 4 saturated carbocycles. The van der Waals surface area contributed by atoms with E-state index in [-0.39, 0.29) is 5.91 Å². The first kappa shape index (κ1) is 22.7. The number of benzene rings is 1. The predicted molar refractivity (Wildman–Crippen MR) is 132 cm³/mol. The zero-order valence-electron chi connectivity index (χ0n) is 20.1. The molecule has 1 aromatic carbocycles. The van der Waals surface area contributed by atoms with Gasteiger partial charge in [-0.3, -0.25) is 4.79 Å². The molecule has 1 N–H and O–H groups in total. The van der Waals surface area contributed by atoms with Crippen LogP contribution in [-0.4, -0.2) is 37.0 Å². The molecule has 1 aromatic rings. The van der Waals surface area contributed by atoms with Crippen molar-refractivity contribution in [1.29, 1.82) is 0 Å². The summed E-state index contributed by atoms with van der Waals surface area (Å²) in [5, 5.41) is 3.91. The monoisotopic (exact) mass is 456 g/mol. The number of carbonyl (C=O) groups is 1. The summed E-state index contributed by atoms with van der Waals surface area (Å²) in [6.07, 6.45) is 13.1. The van der Waals surface area contributed by atoms with E-state index in [4.69, 9.17) is 11.6 Å². The van der Waals surface area contributed by atoms with Crippen LogP contribution >= 0.6 is 11.6 Å². The number of fused-ring (bicyclic) bond motifs is 2. The fraction of sp³-hybridized carbons (Fsp3) is 0.750. The average molecular weight is 457 g/mol. The lowest BCUT2D eigenvalue weighted by atomic mass is 9.55. The minimum Gasteiger partial charge on any atom is -0.351 e. The Kier molecular flexibility index (Phi) is 6.35. The van der Waals surface area contributed by atoms with Crippen LogP contribution in [0, 0.1) is 28.6 Å². The number of amides is 1. The van der Waals surface area contributed by atoms with E-state index in [1.807, 2.05) is 12.1 Å². The van der Waals surface area contributed by atoms with Crippen LogP contribution in [0.2, 0.25) is 5.02 Å². The van der Waals surface area contributed by atoms with Crippen LogP contribution in [0.5, 0.6) is 0 Å². The minimum absolute atomic E-state index is 0.0237. The summed E-state index contributed by atoms with van der Waals surface area (Å²) in [5.74, 6) is 2.90. The topological polar surface area (TPSA) is 32.3 Å². The third-order valence-electron chi connectivity index (χ3n) is 9.70. The van der Waals surface area contributed by atoms with E-state index in [1.54, 1.807) is 0 Å². The normalized spacial score (nSPS) is 34.1. The van der Waals surface area contributed by atoms with Crippen molar-refractivity contribution >= 4 is 17.5 Å². The number of rotatable bonds is 11. The van der Waals surface area contributed by atoms with Crippen LogP contribution in [0.4, 0.5) is 0 Å². The summed E-state index contributed by atoms with van der Waals surface area (Å²) in [6.45, 7) is 8.75. The van der Waals surface area contributed by atoms with Crippen molar-refractivity contribution in [3.05, 3.63) is 34.3 Å². The second kappa shape index (κ2) is 8.95. The van der Waals surface area contributed by atoms with E-state index in [0.717, 1.165) is 50.2 Å². The van der Waals surface area contributed by atoms with Gasteiger partial charge in [0.05, 0.1) is 10.6 Å². The summed E-state index contributed by atoms with van der Waals surface area (Å²) >= 11 is 6.47. The molecular formula is C28H41ClN2O. The molecule has 5 unspecified atom stereocenters. The van der Waals surface area contributed by atoms with Gasteiger partial charge in [-0.1, -0.05) is 37.9 Å². The summed E-state index contributed by atoms with van der Waals surface area (Å²) < 4.78 is 0. The van der Waals surface area contributed by atoms with E-state index >= 15 is 0 Å². The molecule has 3 bridgehead atoms. The highest BCUT2D eigenvalue weighted by Crippen LogP contribution is 2.78. The highest BCUT2D eigenvalue weighted by atomic mass is 35.5. The quantitative estimate of drug-likeness (QED) is 0.421. The molecule has 0 saturated heterocycles. The first-order valence-corrected chi connectivity index (χ1v) is 13.6. The van der Waals surface area contributed by atoms with Crippen LogP contribution in [0.1, 0.15) is 87.6 Å². The van der Waals surface area contributed by atoms with Crippen LogP contribution in [-0.2, 0) is 6.42 Å².